The van der Waals surface area contributed by atoms with Crippen LogP contribution in [0.3, 0.4) is 0 Å². The molecular formula is C25H34O7. The van der Waals surface area contributed by atoms with Crippen LogP contribution in [0.15, 0.2) is 0 Å². The predicted octanol–water partition coefficient (Wildman–Crippen LogP) is 3.07. The van der Waals surface area contributed by atoms with E-state index in [1.165, 1.54) is 13.8 Å². The molecule has 4 saturated carbocycles. The van der Waals surface area contributed by atoms with Gasteiger partial charge in [0.15, 0.2) is 5.78 Å². The second-order valence-corrected chi connectivity index (χ2v) is 11.0. The number of ketones is 3. The molecule has 4 rings (SSSR count). The predicted molar refractivity (Wildman–Crippen MR) is 113 cm³/mol. The molecule has 32 heavy (non-hydrogen) atoms. The number of esters is 2. The Morgan fingerprint density at radius 2 is 1.72 bits per heavy atom. The standard InChI is InChI=1S/C25H34O7/c1-13(26)31-12-21(30)18-6-5-17-16-10-22(32-14(2)27)19-9-15(28)7-8-24(19,3)23(16)20(29)11-25(17,18)4/h16-19,22-23H,5-12H2,1-4H3/t16-,17-,18+,19+,22+,23+,24-,25-/m0/s1. The third-order valence-electron chi connectivity index (χ3n) is 9.28. The normalized spacial score (nSPS) is 43.0. The van der Waals surface area contributed by atoms with Crippen LogP contribution in [-0.4, -0.2) is 42.0 Å². The number of Topliss-reactive ketones (excluding diaryl/α,β-unsaturated/α-hetero) is 3. The van der Waals surface area contributed by atoms with Gasteiger partial charge in [-0.2, -0.15) is 0 Å². The van der Waals surface area contributed by atoms with Crippen molar-refractivity contribution in [1.29, 1.82) is 0 Å². The molecule has 176 valence electrons. The molecule has 4 aliphatic rings. The third-order valence-corrected chi connectivity index (χ3v) is 9.28. The molecule has 0 heterocycles. The van der Waals surface area contributed by atoms with Crippen molar-refractivity contribution in [3.63, 3.8) is 0 Å². The third kappa shape index (κ3) is 3.61. The summed E-state index contributed by atoms with van der Waals surface area (Å²) in [6, 6.07) is 0. The number of hydrogen-bond donors (Lipinski definition) is 0. The van der Waals surface area contributed by atoms with E-state index in [4.69, 9.17) is 9.47 Å². The first kappa shape index (κ1) is 23.1. The molecule has 7 heteroatoms. The second kappa shape index (κ2) is 8.07. The molecule has 8 atom stereocenters. The van der Waals surface area contributed by atoms with Crippen LogP contribution in [0.5, 0.6) is 0 Å². The summed E-state index contributed by atoms with van der Waals surface area (Å²) in [5.41, 5.74) is -0.862. The molecule has 4 fully saturated rings. The van der Waals surface area contributed by atoms with Gasteiger partial charge in [-0.15, -0.1) is 0 Å². The average molecular weight is 447 g/mol. The van der Waals surface area contributed by atoms with Gasteiger partial charge in [-0.25, -0.2) is 0 Å². The fourth-order valence-electron chi connectivity index (χ4n) is 8.03. The average Bonchev–Trinajstić information content (AvgIpc) is 3.03. The summed E-state index contributed by atoms with van der Waals surface area (Å²) in [4.78, 5) is 62.0. The molecule has 0 spiro atoms. The lowest BCUT2D eigenvalue weighted by molar-refractivity contribution is -0.188. The van der Waals surface area contributed by atoms with Crippen LogP contribution in [0.4, 0.5) is 0 Å². The zero-order valence-corrected chi connectivity index (χ0v) is 19.5. The van der Waals surface area contributed by atoms with Crippen molar-refractivity contribution >= 4 is 29.3 Å². The maximum atomic E-state index is 13.7. The van der Waals surface area contributed by atoms with Crippen LogP contribution >= 0.6 is 0 Å². The highest BCUT2D eigenvalue weighted by atomic mass is 16.5. The van der Waals surface area contributed by atoms with Gasteiger partial charge in [-0.3, -0.25) is 24.0 Å². The van der Waals surface area contributed by atoms with Crippen molar-refractivity contribution in [2.75, 3.05) is 6.61 Å². The molecule has 0 unspecified atom stereocenters. The molecule has 0 aromatic rings. The molecule has 0 N–H and O–H groups in total. The fourth-order valence-corrected chi connectivity index (χ4v) is 8.03. The van der Waals surface area contributed by atoms with E-state index in [1.54, 1.807) is 0 Å². The number of rotatable bonds is 4. The van der Waals surface area contributed by atoms with Crippen molar-refractivity contribution in [3.05, 3.63) is 0 Å². The van der Waals surface area contributed by atoms with Gasteiger partial charge in [0.1, 0.15) is 24.3 Å². The first-order valence-electron chi connectivity index (χ1n) is 11.8. The van der Waals surface area contributed by atoms with Crippen LogP contribution in [-0.2, 0) is 33.4 Å². The van der Waals surface area contributed by atoms with Gasteiger partial charge >= 0.3 is 11.9 Å². The maximum absolute atomic E-state index is 13.7. The van der Waals surface area contributed by atoms with Crippen LogP contribution in [0.1, 0.15) is 72.6 Å². The Hall–Kier alpha value is -2.05. The summed E-state index contributed by atoms with van der Waals surface area (Å²) >= 11 is 0. The number of carbonyl (C=O) groups excluding carboxylic acids is 5. The summed E-state index contributed by atoms with van der Waals surface area (Å²) in [7, 11) is 0. The maximum Gasteiger partial charge on any atom is 0.303 e. The van der Waals surface area contributed by atoms with Gasteiger partial charge in [-0.1, -0.05) is 13.8 Å². The first-order valence-corrected chi connectivity index (χ1v) is 11.8. The molecule has 4 aliphatic carbocycles. The Morgan fingerprint density at radius 1 is 1.00 bits per heavy atom. The van der Waals surface area contributed by atoms with E-state index in [-0.39, 0.29) is 71.0 Å². The van der Waals surface area contributed by atoms with Gasteiger partial charge in [0.25, 0.3) is 0 Å². The quantitative estimate of drug-likeness (QED) is 0.611. The van der Waals surface area contributed by atoms with Gasteiger partial charge < -0.3 is 9.47 Å². The summed E-state index contributed by atoms with van der Waals surface area (Å²) in [5.74, 6) is -1.06. The Morgan fingerprint density at radius 3 is 2.38 bits per heavy atom. The first-order chi connectivity index (χ1) is 15.0. The Kier molecular flexibility index (Phi) is 5.83. The Balaban J connectivity index is 1.66. The van der Waals surface area contributed by atoms with Gasteiger partial charge in [0, 0.05) is 50.9 Å². The van der Waals surface area contributed by atoms with Gasteiger partial charge in [0.2, 0.25) is 0 Å². The molecule has 0 amide bonds. The highest BCUT2D eigenvalue weighted by molar-refractivity contribution is 5.89. The molecule has 0 bridgehead atoms. The zero-order chi connectivity index (χ0) is 23.4. The van der Waals surface area contributed by atoms with Crippen molar-refractivity contribution < 1.29 is 33.4 Å². The van der Waals surface area contributed by atoms with Gasteiger partial charge in [0.05, 0.1) is 0 Å². The number of fused-ring (bicyclic) bond motifs is 5. The SMILES string of the molecule is CC(=O)OCC(=O)[C@H]1CC[C@H]2[C@@H]3C[C@@H](OC(C)=O)[C@H]4CC(=O)CC[C@]4(C)[C@H]3C(=O)C[C@]12C. The summed E-state index contributed by atoms with van der Waals surface area (Å²) in [5, 5.41) is 0. The minimum atomic E-state index is -0.486. The number of hydrogen-bond acceptors (Lipinski definition) is 7. The van der Waals surface area contributed by atoms with E-state index >= 15 is 0 Å². The smallest absolute Gasteiger partial charge is 0.303 e. The number of carbonyl (C=O) groups is 5. The van der Waals surface area contributed by atoms with Crippen LogP contribution in [0.25, 0.3) is 0 Å². The van der Waals surface area contributed by atoms with Crippen molar-refractivity contribution in [2.45, 2.75) is 78.7 Å². The van der Waals surface area contributed by atoms with E-state index < -0.39 is 11.4 Å². The lowest BCUT2D eigenvalue weighted by atomic mass is 9.43. The Labute approximate surface area is 189 Å². The lowest BCUT2D eigenvalue weighted by Gasteiger charge is -2.60. The molecule has 0 aromatic carbocycles. The molecular weight excluding hydrogens is 412 g/mol. The summed E-state index contributed by atoms with van der Waals surface area (Å²) in [6.07, 6.45) is 3.48. The monoisotopic (exact) mass is 446 g/mol. The minimum absolute atomic E-state index is 0.0200. The van der Waals surface area contributed by atoms with E-state index in [9.17, 15) is 24.0 Å². The van der Waals surface area contributed by atoms with Gasteiger partial charge in [-0.05, 0) is 48.3 Å². The minimum Gasteiger partial charge on any atom is -0.462 e. The molecule has 0 radical (unpaired) electrons. The van der Waals surface area contributed by atoms with E-state index in [0.29, 0.717) is 38.5 Å². The van der Waals surface area contributed by atoms with Crippen LogP contribution in [0.2, 0.25) is 0 Å². The lowest BCUT2D eigenvalue weighted by Crippen LogP contribution is -2.61. The van der Waals surface area contributed by atoms with Crippen molar-refractivity contribution in [2.24, 2.45) is 40.4 Å². The van der Waals surface area contributed by atoms with E-state index in [1.807, 2.05) is 6.92 Å². The summed E-state index contributed by atoms with van der Waals surface area (Å²) in [6.45, 7) is 6.57. The van der Waals surface area contributed by atoms with Crippen molar-refractivity contribution in [1.82, 2.24) is 0 Å². The largest absolute Gasteiger partial charge is 0.462 e. The molecule has 7 nitrogen and oxygen atoms in total. The van der Waals surface area contributed by atoms with E-state index in [2.05, 4.69) is 6.92 Å². The highest BCUT2D eigenvalue weighted by Gasteiger charge is 2.66. The zero-order valence-electron chi connectivity index (χ0n) is 19.5. The molecule has 0 aromatic heterocycles. The molecule has 0 saturated heterocycles. The topological polar surface area (TPSA) is 104 Å². The van der Waals surface area contributed by atoms with Crippen LogP contribution < -0.4 is 0 Å². The van der Waals surface area contributed by atoms with Crippen LogP contribution in [0, 0.1) is 40.4 Å². The summed E-state index contributed by atoms with van der Waals surface area (Å²) < 4.78 is 10.7. The van der Waals surface area contributed by atoms with Crippen molar-refractivity contribution in [3.8, 4) is 0 Å². The van der Waals surface area contributed by atoms with E-state index in [0.717, 1.165) is 6.42 Å². The Bertz CT molecular complexity index is 862. The molecule has 0 aliphatic heterocycles. The second-order valence-electron chi connectivity index (χ2n) is 11.0. The number of ether oxygens (including phenoxy) is 2. The fraction of sp³-hybridized carbons (Fsp3) is 0.800. The highest BCUT2D eigenvalue weighted by Crippen LogP contribution is 2.66.